The third-order valence-electron chi connectivity index (χ3n) is 10.5. The number of esters is 1. The molecule has 0 saturated carbocycles. The van der Waals surface area contributed by atoms with Gasteiger partial charge in [0.25, 0.3) is 11.5 Å². The Morgan fingerprint density at radius 3 is 2.12 bits per heavy atom. The second-order valence-electron chi connectivity index (χ2n) is 15.8. The molecule has 4 aromatic carbocycles. The van der Waals surface area contributed by atoms with E-state index in [-0.39, 0.29) is 55.7 Å². The maximum absolute atomic E-state index is 14.6. The lowest BCUT2D eigenvalue weighted by molar-refractivity contribution is -0.389. The number of ether oxygens (including phenoxy) is 5. The number of nitrogens with zero attached hydrogens (tertiary/aromatic N) is 1. The van der Waals surface area contributed by atoms with Crippen LogP contribution in [0.3, 0.4) is 0 Å². The van der Waals surface area contributed by atoms with Gasteiger partial charge in [0.1, 0.15) is 25.1 Å². The minimum atomic E-state index is -2.24. The van der Waals surface area contributed by atoms with Crippen LogP contribution in [-0.2, 0) is 35.1 Å². The van der Waals surface area contributed by atoms with Gasteiger partial charge < -0.3 is 34.1 Å². The molecule has 13 nitrogen and oxygen atoms in total. The van der Waals surface area contributed by atoms with E-state index in [0.29, 0.717) is 30.8 Å². The number of aliphatic carboxylic acids is 1. The van der Waals surface area contributed by atoms with Crippen LogP contribution in [0, 0.1) is 21.4 Å². The highest BCUT2D eigenvalue weighted by Gasteiger charge is 2.59. The molecule has 306 valence electrons. The second kappa shape index (κ2) is 18.2. The lowest BCUT2D eigenvalue weighted by Crippen LogP contribution is -2.65. The monoisotopic (exact) mass is 794 g/mol. The Balaban J connectivity index is 1.25. The Bertz CT molecular complexity index is 2050. The maximum atomic E-state index is 14.6. The van der Waals surface area contributed by atoms with Crippen LogP contribution in [0.2, 0.25) is 0 Å². The minimum Gasteiger partial charge on any atom is -0.494 e. The SMILES string of the molecule is CC(C)C[C@H](NC(=O)OCC1c2ccccc2-c2ccccc21)C1(C(=O)OCc2ccc(OCCCCC(=O)O)cc2)OCC(C)(C)[C@H](c2ccccc2[N+](=O)[O-])O1. The van der Waals surface area contributed by atoms with Crippen LogP contribution in [-0.4, -0.2) is 59.7 Å². The fourth-order valence-electron chi connectivity index (χ4n) is 7.59. The number of hydrogen-bond donors (Lipinski definition) is 2. The van der Waals surface area contributed by atoms with Crippen molar-refractivity contribution in [2.24, 2.45) is 11.3 Å². The predicted molar refractivity (Wildman–Crippen MR) is 214 cm³/mol. The predicted octanol–water partition coefficient (Wildman–Crippen LogP) is 8.74. The van der Waals surface area contributed by atoms with Gasteiger partial charge in [-0.25, -0.2) is 9.59 Å². The maximum Gasteiger partial charge on any atom is 0.407 e. The fourth-order valence-corrected chi connectivity index (χ4v) is 7.59. The number of nitro benzene ring substituents is 1. The summed E-state index contributed by atoms with van der Waals surface area (Å²) in [6.07, 6.45) is -0.471. The molecule has 13 heteroatoms. The molecule has 3 atom stereocenters. The average molecular weight is 795 g/mol. The van der Waals surface area contributed by atoms with Gasteiger partial charge in [-0.15, -0.1) is 0 Å². The van der Waals surface area contributed by atoms with Crippen molar-refractivity contribution in [3.8, 4) is 16.9 Å². The van der Waals surface area contributed by atoms with E-state index in [0.717, 1.165) is 22.3 Å². The van der Waals surface area contributed by atoms with Crippen molar-refractivity contribution < 1.29 is 48.1 Å². The third-order valence-corrected chi connectivity index (χ3v) is 10.5. The minimum absolute atomic E-state index is 0.0291. The van der Waals surface area contributed by atoms with Crippen LogP contribution in [0.5, 0.6) is 5.75 Å². The number of nitrogens with one attached hydrogen (secondary N) is 1. The summed E-state index contributed by atoms with van der Waals surface area (Å²) >= 11 is 0. The van der Waals surface area contributed by atoms with Crippen LogP contribution in [0.25, 0.3) is 11.1 Å². The molecule has 1 aliphatic carbocycles. The molecule has 58 heavy (non-hydrogen) atoms. The first kappa shape index (κ1) is 41.8. The molecule has 4 aromatic rings. The zero-order valence-electron chi connectivity index (χ0n) is 33.2. The van der Waals surface area contributed by atoms with Crippen molar-refractivity contribution >= 4 is 23.7 Å². The number of carboxylic acids is 1. The number of carboxylic acid groups (broad SMARTS) is 1. The number of carbonyl (C=O) groups excluding carboxylic acids is 2. The number of amides is 1. The summed E-state index contributed by atoms with van der Waals surface area (Å²) in [4.78, 5) is 51.0. The Labute approximate surface area is 337 Å². The lowest BCUT2D eigenvalue weighted by atomic mass is 9.80. The lowest BCUT2D eigenvalue weighted by Gasteiger charge is -2.49. The molecular formula is C45H50N2O11. The summed E-state index contributed by atoms with van der Waals surface area (Å²) in [5.74, 6) is -3.74. The largest absolute Gasteiger partial charge is 0.494 e. The molecule has 1 fully saturated rings. The van der Waals surface area contributed by atoms with Crippen LogP contribution in [0.15, 0.2) is 97.1 Å². The standard InChI is InChI=1S/C45H50N2O11/c1-29(2)25-39(46-43(51)56-27-37-34-15-7-5-13-32(34)33-14-6-8-16-35(33)37)45(57-28-44(3,4)41(58-45)36-17-9-10-18-38(36)47(52)53)42(50)55-26-30-20-22-31(23-21-30)54-24-12-11-19-40(48)49/h5-10,13-18,20-23,29,37,39,41H,11-12,19,24-28H2,1-4H3,(H,46,51)(H,48,49)/t39-,41-,45?/m0/s1. The highest BCUT2D eigenvalue weighted by molar-refractivity contribution is 5.81. The second-order valence-corrected chi connectivity index (χ2v) is 15.8. The zero-order valence-corrected chi connectivity index (χ0v) is 33.2. The number of unbranched alkanes of at least 4 members (excludes halogenated alkanes) is 1. The zero-order chi connectivity index (χ0) is 41.5. The van der Waals surface area contributed by atoms with Crippen molar-refractivity contribution in [2.75, 3.05) is 19.8 Å². The Morgan fingerprint density at radius 2 is 1.50 bits per heavy atom. The number of benzene rings is 4. The number of para-hydroxylation sites is 1. The van der Waals surface area contributed by atoms with Crippen molar-refractivity contribution in [2.45, 2.75) is 83.8 Å². The molecule has 0 bridgehead atoms. The van der Waals surface area contributed by atoms with E-state index < -0.39 is 46.3 Å². The van der Waals surface area contributed by atoms with Gasteiger partial charge in [-0.05, 0) is 71.2 Å². The molecule has 2 N–H and O–H groups in total. The van der Waals surface area contributed by atoms with Crippen LogP contribution in [0.4, 0.5) is 10.5 Å². The highest BCUT2D eigenvalue weighted by atomic mass is 16.7. The average Bonchev–Trinajstić information content (AvgIpc) is 3.52. The van der Waals surface area contributed by atoms with E-state index in [1.54, 1.807) is 42.5 Å². The Hall–Kier alpha value is -5.79. The quantitative estimate of drug-likeness (QED) is 0.0453. The molecule has 0 radical (unpaired) electrons. The summed E-state index contributed by atoms with van der Waals surface area (Å²) in [7, 11) is 0. The number of carbonyl (C=O) groups is 3. The summed E-state index contributed by atoms with van der Waals surface area (Å²) in [5.41, 5.74) is 4.07. The third kappa shape index (κ3) is 9.49. The van der Waals surface area contributed by atoms with Crippen molar-refractivity contribution in [1.82, 2.24) is 5.32 Å². The van der Waals surface area contributed by atoms with E-state index in [2.05, 4.69) is 5.32 Å². The molecule has 1 saturated heterocycles. The molecule has 0 aromatic heterocycles. The molecular weight excluding hydrogens is 744 g/mol. The first-order valence-corrected chi connectivity index (χ1v) is 19.6. The summed E-state index contributed by atoms with van der Waals surface area (Å²) in [5, 5.41) is 24.0. The van der Waals surface area contributed by atoms with E-state index in [1.165, 1.54) is 6.07 Å². The Kier molecular flexibility index (Phi) is 13.1. The van der Waals surface area contributed by atoms with Crippen LogP contribution >= 0.6 is 0 Å². The summed E-state index contributed by atoms with van der Waals surface area (Å²) in [6, 6.07) is 28.0. The van der Waals surface area contributed by atoms with Crippen LogP contribution < -0.4 is 10.1 Å². The van der Waals surface area contributed by atoms with Gasteiger partial charge in [0.15, 0.2) is 0 Å². The summed E-state index contributed by atoms with van der Waals surface area (Å²) < 4.78 is 30.7. The molecule has 2 aliphatic rings. The van der Waals surface area contributed by atoms with Crippen molar-refractivity contribution in [1.29, 1.82) is 0 Å². The number of alkyl carbamates (subject to hydrolysis) is 1. The van der Waals surface area contributed by atoms with E-state index in [4.69, 9.17) is 28.8 Å². The van der Waals surface area contributed by atoms with Crippen molar-refractivity contribution in [3.05, 3.63) is 129 Å². The van der Waals surface area contributed by atoms with E-state index >= 15 is 0 Å². The number of fused-ring (bicyclic) bond motifs is 3. The first-order valence-electron chi connectivity index (χ1n) is 19.6. The van der Waals surface area contributed by atoms with Crippen molar-refractivity contribution in [3.63, 3.8) is 0 Å². The van der Waals surface area contributed by atoms with Gasteiger partial charge in [-0.3, -0.25) is 14.9 Å². The number of nitro groups is 1. The topological polar surface area (TPSA) is 173 Å². The number of hydrogen-bond acceptors (Lipinski definition) is 10. The van der Waals surface area contributed by atoms with E-state index in [1.807, 2.05) is 76.2 Å². The van der Waals surface area contributed by atoms with Crippen LogP contribution in [0.1, 0.15) is 87.7 Å². The summed E-state index contributed by atoms with van der Waals surface area (Å²) in [6.45, 7) is 7.63. The van der Waals surface area contributed by atoms with Gasteiger partial charge in [0, 0.05) is 23.8 Å². The molecule has 6 rings (SSSR count). The number of rotatable bonds is 17. The van der Waals surface area contributed by atoms with Gasteiger partial charge in [-0.2, -0.15) is 0 Å². The van der Waals surface area contributed by atoms with E-state index in [9.17, 15) is 24.5 Å². The van der Waals surface area contributed by atoms with Gasteiger partial charge in [0.05, 0.1) is 29.7 Å². The first-order chi connectivity index (χ1) is 27.8. The molecule has 1 heterocycles. The highest BCUT2D eigenvalue weighted by Crippen LogP contribution is 2.49. The van der Waals surface area contributed by atoms with Gasteiger partial charge in [-0.1, -0.05) is 100 Å². The molecule has 0 spiro atoms. The normalized spacial score (nSPS) is 18.7. The fraction of sp³-hybridized carbons (Fsp3) is 0.400. The van der Waals surface area contributed by atoms with Gasteiger partial charge >= 0.3 is 18.0 Å². The molecule has 1 unspecified atom stereocenters. The smallest absolute Gasteiger partial charge is 0.407 e. The Morgan fingerprint density at radius 1 is 0.879 bits per heavy atom. The molecule has 1 aliphatic heterocycles. The molecule has 1 amide bonds. The van der Waals surface area contributed by atoms with Gasteiger partial charge in [0.2, 0.25) is 0 Å².